The van der Waals surface area contributed by atoms with Crippen LogP contribution in [0.2, 0.25) is 0 Å². The third kappa shape index (κ3) is 3.39. The summed E-state index contributed by atoms with van der Waals surface area (Å²) >= 11 is 0. The molecule has 2 aromatic carbocycles. The van der Waals surface area contributed by atoms with Gasteiger partial charge in [0.1, 0.15) is 11.5 Å². The maximum Gasteiger partial charge on any atom is 0.293 e. The van der Waals surface area contributed by atoms with Crippen LogP contribution in [0.4, 0.5) is 17.2 Å². The van der Waals surface area contributed by atoms with E-state index in [4.69, 9.17) is 5.26 Å². The fourth-order valence-electron chi connectivity index (χ4n) is 2.70. The van der Waals surface area contributed by atoms with E-state index in [9.17, 15) is 10.1 Å². The van der Waals surface area contributed by atoms with Gasteiger partial charge < -0.3 is 10.2 Å². The fraction of sp³-hybridized carbons (Fsp3) is 0.158. The second kappa shape index (κ2) is 7.07. The maximum absolute atomic E-state index is 11.3. The van der Waals surface area contributed by atoms with Gasteiger partial charge in [-0.25, -0.2) is 4.98 Å². The summed E-state index contributed by atoms with van der Waals surface area (Å²) in [4.78, 5) is 17.3. The molecule has 7 heteroatoms. The zero-order valence-electron chi connectivity index (χ0n) is 14.4. The van der Waals surface area contributed by atoms with Crippen molar-refractivity contribution < 1.29 is 4.92 Å². The lowest BCUT2D eigenvalue weighted by Gasteiger charge is -2.16. The first kappa shape index (κ1) is 17.2. The van der Waals surface area contributed by atoms with Gasteiger partial charge in [-0.1, -0.05) is 18.2 Å². The number of aromatic nitrogens is 1. The second-order valence-electron chi connectivity index (χ2n) is 6.01. The van der Waals surface area contributed by atoms with Gasteiger partial charge in [-0.15, -0.1) is 0 Å². The fourth-order valence-corrected chi connectivity index (χ4v) is 2.70. The van der Waals surface area contributed by atoms with E-state index >= 15 is 0 Å². The van der Waals surface area contributed by atoms with Crippen molar-refractivity contribution >= 4 is 28.1 Å². The molecular weight excluding hydrogens is 330 g/mol. The summed E-state index contributed by atoms with van der Waals surface area (Å²) < 4.78 is 0. The number of nitro groups is 1. The predicted molar refractivity (Wildman–Crippen MR) is 101 cm³/mol. The van der Waals surface area contributed by atoms with Crippen molar-refractivity contribution in [3.05, 3.63) is 69.8 Å². The van der Waals surface area contributed by atoms with E-state index in [0.717, 1.165) is 22.3 Å². The van der Waals surface area contributed by atoms with Crippen LogP contribution in [0.25, 0.3) is 10.9 Å². The topological polar surface area (TPSA) is 95.1 Å². The minimum Gasteiger partial charge on any atom is -0.375 e. The lowest BCUT2D eigenvalue weighted by Crippen LogP contribution is -2.12. The largest absolute Gasteiger partial charge is 0.375 e. The van der Waals surface area contributed by atoms with Crippen LogP contribution in [-0.4, -0.2) is 24.0 Å². The van der Waals surface area contributed by atoms with Crippen LogP contribution in [-0.2, 0) is 6.54 Å². The molecule has 0 atom stereocenters. The quantitative estimate of drug-likeness (QED) is 0.558. The van der Waals surface area contributed by atoms with Gasteiger partial charge in [0.25, 0.3) is 5.69 Å². The number of hydrogen-bond acceptors (Lipinski definition) is 6. The van der Waals surface area contributed by atoms with E-state index in [1.165, 1.54) is 6.07 Å². The number of pyridine rings is 1. The summed E-state index contributed by atoms with van der Waals surface area (Å²) in [6.07, 6.45) is 0. The van der Waals surface area contributed by atoms with Gasteiger partial charge in [0, 0.05) is 32.1 Å². The Kier molecular flexibility index (Phi) is 4.67. The van der Waals surface area contributed by atoms with Crippen molar-refractivity contribution in [3.63, 3.8) is 0 Å². The van der Waals surface area contributed by atoms with E-state index in [-0.39, 0.29) is 11.3 Å². The smallest absolute Gasteiger partial charge is 0.293 e. The molecule has 0 amide bonds. The first-order chi connectivity index (χ1) is 12.5. The van der Waals surface area contributed by atoms with E-state index in [2.05, 4.69) is 10.3 Å². The van der Waals surface area contributed by atoms with Gasteiger partial charge >= 0.3 is 0 Å². The third-order valence-electron chi connectivity index (χ3n) is 4.04. The van der Waals surface area contributed by atoms with Crippen molar-refractivity contribution in [3.8, 4) is 6.07 Å². The molecule has 0 radical (unpaired) electrons. The summed E-state index contributed by atoms with van der Waals surface area (Å²) in [5, 5.41) is 24.3. The summed E-state index contributed by atoms with van der Waals surface area (Å²) in [7, 11) is 3.83. The van der Waals surface area contributed by atoms with Crippen LogP contribution in [0.15, 0.2) is 48.5 Å². The van der Waals surface area contributed by atoms with Crippen LogP contribution < -0.4 is 10.2 Å². The van der Waals surface area contributed by atoms with E-state index in [0.29, 0.717) is 12.2 Å². The average Bonchev–Trinajstić information content (AvgIpc) is 2.65. The van der Waals surface area contributed by atoms with Gasteiger partial charge in [0.15, 0.2) is 0 Å². The van der Waals surface area contributed by atoms with Crippen molar-refractivity contribution in [2.45, 2.75) is 6.54 Å². The Bertz CT molecular complexity index is 1020. The molecule has 130 valence electrons. The van der Waals surface area contributed by atoms with Gasteiger partial charge in [-0.3, -0.25) is 10.1 Å². The summed E-state index contributed by atoms with van der Waals surface area (Å²) in [5.74, 6) is 0.815. The number of nitriles is 1. The molecule has 1 N–H and O–H groups in total. The highest BCUT2D eigenvalue weighted by atomic mass is 16.6. The van der Waals surface area contributed by atoms with Gasteiger partial charge in [-0.2, -0.15) is 5.26 Å². The minimum absolute atomic E-state index is 0.116. The number of nitro benzene ring substituents is 1. The number of nitrogens with zero attached hydrogens (tertiary/aromatic N) is 4. The molecule has 0 aliphatic rings. The zero-order valence-corrected chi connectivity index (χ0v) is 14.4. The maximum atomic E-state index is 11.3. The Hall–Kier alpha value is -3.66. The Morgan fingerprint density at radius 3 is 2.69 bits per heavy atom. The first-order valence-corrected chi connectivity index (χ1v) is 7.98. The molecule has 3 aromatic rings. The molecule has 0 saturated carbocycles. The number of fused-ring (bicyclic) bond motifs is 1. The summed E-state index contributed by atoms with van der Waals surface area (Å²) in [6, 6.07) is 16.1. The molecule has 26 heavy (non-hydrogen) atoms. The molecule has 0 aliphatic carbocycles. The minimum atomic E-state index is -0.487. The molecule has 7 nitrogen and oxygen atoms in total. The Morgan fingerprint density at radius 2 is 2.00 bits per heavy atom. The highest BCUT2D eigenvalue weighted by molar-refractivity contribution is 5.84. The standard InChI is InChI=1S/C19H17N5O2/c1-23(2)19-10-14(15-5-3-4-6-16(15)22-19)12-21-17-8-7-13(11-20)9-18(17)24(25)26/h3-10,21H,12H2,1-2H3. The number of rotatable bonds is 5. The molecule has 0 bridgehead atoms. The lowest BCUT2D eigenvalue weighted by molar-refractivity contribution is -0.384. The van der Waals surface area contributed by atoms with Crippen LogP contribution in [0, 0.1) is 21.4 Å². The lowest BCUT2D eigenvalue weighted by atomic mass is 10.1. The van der Waals surface area contributed by atoms with Crippen LogP contribution in [0.5, 0.6) is 0 Å². The second-order valence-corrected chi connectivity index (χ2v) is 6.01. The Labute approximate surface area is 150 Å². The zero-order chi connectivity index (χ0) is 18.7. The van der Waals surface area contributed by atoms with Crippen LogP contribution in [0.3, 0.4) is 0 Å². The van der Waals surface area contributed by atoms with Crippen molar-refractivity contribution in [1.29, 1.82) is 5.26 Å². The van der Waals surface area contributed by atoms with Crippen molar-refractivity contribution in [1.82, 2.24) is 4.98 Å². The molecule has 3 rings (SSSR count). The Balaban J connectivity index is 1.98. The highest BCUT2D eigenvalue weighted by Gasteiger charge is 2.15. The van der Waals surface area contributed by atoms with Crippen LogP contribution >= 0.6 is 0 Å². The van der Waals surface area contributed by atoms with E-state index < -0.39 is 4.92 Å². The molecular formula is C19H17N5O2. The van der Waals surface area contributed by atoms with E-state index in [1.54, 1.807) is 12.1 Å². The van der Waals surface area contributed by atoms with Gasteiger partial charge in [0.05, 0.1) is 22.1 Å². The molecule has 1 aromatic heterocycles. The monoisotopic (exact) mass is 347 g/mol. The SMILES string of the molecule is CN(C)c1cc(CNc2ccc(C#N)cc2[N+](=O)[O-])c2ccccc2n1. The Morgan fingerprint density at radius 1 is 1.23 bits per heavy atom. The summed E-state index contributed by atoms with van der Waals surface area (Å²) in [5.41, 5.74) is 2.37. The predicted octanol–water partition coefficient (Wildman–Crippen LogP) is 3.69. The van der Waals surface area contributed by atoms with Gasteiger partial charge in [0.2, 0.25) is 0 Å². The average molecular weight is 347 g/mol. The van der Waals surface area contributed by atoms with Crippen molar-refractivity contribution in [2.24, 2.45) is 0 Å². The molecule has 0 fully saturated rings. The van der Waals surface area contributed by atoms with Crippen LogP contribution in [0.1, 0.15) is 11.1 Å². The molecule has 0 aliphatic heterocycles. The third-order valence-corrected chi connectivity index (χ3v) is 4.04. The summed E-state index contributed by atoms with van der Waals surface area (Å²) in [6.45, 7) is 0.399. The number of nitrogens with one attached hydrogen (secondary N) is 1. The number of para-hydroxylation sites is 1. The molecule has 0 spiro atoms. The normalized spacial score (nSPS) is 10.3. The molecule has 0 saturated heterocycles. The number of hydrogen-bond donors (Lipinski definition) is 1. The highest BCUT2D eigenvalue weighted by Crippen LogP contribution is 2.28. The van der Waals surface area contributed by atoms with Gasteiger partial charge in [-0.05, 0) is 29.8 Å². The van der Waals surface area contributed by atoms with E-state index in [1.807, 2.05) is 55.4 Å². The molecule has 1 heterocycles. The molecule has 0 unspecified atom stereocenters. The van der Waals surface area contributed by atoms with Crippen molar-refractivity contribution in [2.75, 3.05) is 24.3 Å². The number of anilines is 2. The first-order valence-electron chi connectivity index (χ1n) is 7.98. The number of benzene rings is 2.